The first kappa shape index (κ1) is 14.3. The molecule has 21 heavy (non-hydrogen) atoms. The van der Waals surface area contributed by atoms with E-state index < -0.39 is 9.84 Å². The Hall–Kier alpha value is -1.66. The van der Waals surface area contributed by atoms with E-state index in [-0.39, 0.29) is 17.5 Å². The highest BCUT2D eigenvalue weighted by atomic mass is 32.2. The van der Waals surface area contributed by atoms with Crippen molar-refractivity contribution in [3.8, 4) is 0 Å². The second-order valence-corrected chi connectivity index (χ2v) is 7.75. The van der Waals surface area contributed by atoms with E-state index in [1.54, 1.807) is 0 Å². The highest BCUT2D eigenvalue weighted by Gasteiger charge is 2.30. The van der Waals surface area contributed by atoms with Gasteiger partial charge in [0, 0.05) is 30.1 Å². The van der Waals surface area contributed by atoms with Crippen molar-refractivity contribution < 1.29 is 8.42 Å². The Morgan fingerprint density at radius 3 is 2.86 bits per heavy atom. The summed E-state index contributed by atoms with van der Waals surface area (Å²) in [6, 6.07) is 9.86. The number of hydrogen-bond donors (Lipinski definition) is 1. The second-order valence-electron chi connectivity index (χ2n) is 5.52. The maximum atomic E-state index is 11.7. The van der Waals surface area contributed by atoms with E-state index in [0.29, 0.717) is 13.1 Å². The molecule has 112 valence electrons. The third-order valence-corrected chi connectivity index (χ3v) is 5.74. The summed E-state index contributed by atoms with van der Waals surface area (Å²) in [6.07, 6.45) is 0. The zero-order chi connectivity index (χ0) is 15.0. The van der Waals surface area contributed by atoms with E-state index in [4.69, 9.17) is 10.7 Å². The van der Waals surface area contributed by atoms with Gasteiger partial charge < -0.3 is 10.6 Å². The molecule has 0 radical (unpaired) electrons. The monoisotopic (exact) mass is 305 g/mol. The van der Waals surface area contributed by atoms with Crippen LogP contribution in [0.5, 0.6) is 0 Å². The first-order valence-electron chi connectivity index (χ1n) is 7.06. The zero-order valence-electron chi connectivity index (χ0n) is 12.0. The fraction of sp³-hybridized carbons (Fsp3) is 0.400. The number of nitrogens with zero attached hydrogens (tertiary/aromatic N) is 2. The predicted molar refractivity (Wildman–Crippen MR) is 85.1 cm³/mol. The molecule has 1 saturated heterocycles. The van der Waals surface area contributed by atoms with Crippen LogP contribution in [0, 0.1) is 0 Å². The van der Waals surface area contributed by atoms with Gasteiger partial charge in [0.1, 0.15) is 5.82 Å². The summed E-state index contributed by atoms with van der Waals surface area (Å²) in [6.45, 7) is 2.79. The summed E-state index contributed by atoms with van der Waals surface area (Å²) in [4.78, 5) is 6.78. The zero-order valence-corrected chi connectivity index (χ0v) is 12.8. The Bertz CT molecular complexity index is 774. The molecule has 0 aliphatic carbocycles. The Morgan fingerprint density at radius 1 is 1.38 bits per heavy atom. The molecule has 3 rings (SSSR count). The summed E-state index contributed by atoms with van der Waals surface area (Å²) in [5.74, 6) is 1.17. The molecule has 0 spiro atoms. The molecular formula is C15H19N3O2S. The quantitative estimate of drug-likeness (QED) is 0.905. The van der Waals surface area contributed by atoms with E-state index in [0.717, 1.165) is 22.3 Å². The summed E-state index contributed by atoms with van der Waals surface area (Å²) < 4.78 is 23.5. The van der Waals surface area contributed by atoms with Gasteiger partial charge in [-0.15, -0.1) is 0 Å². The number of para-hydroxylation sites is 1. The highest BCUT2D eigenvalue weighted by Crippen LogP contribution is 2.27. The average Bonchev–Trinajstić information content (AvgIpc) is 2.45. The van der Waals surface area contributed by atoms with E-state index in [1.165, 1.54) is 0 Å². The van der Waals surface area contributed by atoms with E-state index in [1.807, 2.05) is 37.3 Å². The lowest BCUT2D eigenvalue weighted by atomic mass is 10.1. The van der Waals surface area contributed by atoms with Crippen LogP contribution < -0.4 is 10.6 Å². The fourth-order valence-electron chi connectivity index (χ4n) is 2.86. The smallest absolute Gasteiger partial charge is 0.154 e. The lowest BCUT2D eigenvalue weighted by Gasteiger charge is -2.35. The fourth-order valence-corrected chi connectivity index (χ4v) is 4.42. The maximum Gasteiger partial charge on any atom is 0.154 e. The van der Waals surface area contributed by atoms with Gasteiger partial charge in [-0.1, -0.05) is 18.2 Å². The van der Waals surface area contributed by atoms with Crippen LogP contribution in [0.2, 0.25) is 0 Å². The predicted octanol–water partition coefficient (Wildman–Crippen LogP) is 1.32. The number of hydrogen-bond acceptors (Lipinski definition) is 5. The van der Waals surface area contributed by atoms with Crippen LogP contribution in [-0.2, 0) is 16.4 Å². The molecule has 0 amide bonds. The molecule has 0 bridgehead atoms. The molecule has 2 aromatic rings. The van der Waals surface area contributed by atoms with Gasteiger partial charge in [0.15, 0.2) is 9.84 Å². The van der Waals surface area contributed by atoms with Gasteiger partial charge in [0.25, 0.3) is 0 Å². The van der Waals surface area contributed by atoms with Crippen molar-refractivity contribution in [2.24, 2.45) is 5.73 Å². The molecule has 0 saturated carbocycles. The van der Waals surface area contributed by atoms with Gasteiger partial charge >= 0.3 is 0 Å². The van der Waals surface area contributed by atoms with Crippen LogP contribution >= 0.6 is 0 Å². The third-order valence-electron chi connectivity index (χ3n) is 3.94. The van der Waals surface area contributed by atoms with Crippen LogP contribution in [0.25, 0.3) is 10.9 Å². The normalized spacial score (nSPS) is 21.6. The van der Waals surface area contributed by atoms with Crippen molar-refractivity contribution >= 4 is 26.6 Å². The topological polar surface area (TPSA) is 76.3 Å². The van der Waals surface area contributed by atoms with E-state index in [9.17, 15) is 8.42 Å². The van der Waals surface area contributed by atoms with Gasteiger partial charge in [-0.05, 0) is 19.1 Å². The summed E-state index contributed by atoms with van der Waals surface area (Å²) in [7, 11) is -2.94. The molecule has 1 unspecified atom stereocenters. The van der Waals surface area contributed by atoms with Crippen LogP contribution in [0.4, 0.5) is 5.82 Å². The molecule has 1 fully saturated rings. The van der Waals surface area contributed by atoms with Crippen molar-refractivity contribution in [2.45, 2.75) is 19.5 Å². The molecule has 1 aliphatic heterocycles. The maximum absolute atomic E-state index is 11.7. The Labute approximate surface area is 124 Å². The van der Waals surface area contributed by atoms with Crippen molar-refractivity contribution in [1.82, 2.24) is 4.98 Å². The van der Waals surface area contributed by atoms with Crippen LogP contribution in [-0.4, -0.2) is 37.5 Å². The van der Waals surface area contributed by atoms with E-state index in [2.05, 4.69) is 4.90 Å². The van der Waals surface area contributed by atoms with Gasteiger partial charge in [-0.3, -0.25) is 0 Å². The molecule has 5 nitrogen and oxygen atoms in total. The molecule has 1 atom stereocenters. The van der Waals surface area contributed by atoms with Gasteiger partial charge in [-0.2, -0.15) is 0 Å². The Balaban J connectivity index is 2.07. The lowest BCUT2D eigenvalue weighted by Crippen LogP contribution is -2.47. The van der Waals surface area contributed by atoms with E-state index >= 15 is 0 Å². The minimum absolute atomic E-state index is 0.0808. The SMILES string of the molecule is CC1CS(=O)(=O)CCN1c1nc2ccccc2cc1CN. The van der Waals surface area contributed by atoms with Crippen molar-refractivity contribution in [3.05, 3.63) is 35.9 Å². The molecule has 1 aromatic heterocycles. The number of anilines is 1. The molecule has 1 aliphatic rings. The minimum Gasteiger partial charge on any atom is -0.352 e. The average molecular weight is 305 g/mol. The first-order valence-corrected chi connectivity index (χ1v) is 8.88. The summed E-state index contributed by atoms with van der Waals surface area (Å²) >= 11 is 0. The number of rotatable bonds is 2. The van der Waals surface area contributed by atoms with Crippen LogP contribution in [0.3, 0.4) is 0 Å². The van der Waals surface area contributed by atoms with Crippen molar-refractivity contribution in [1.29, 1.82) is 0 Å². The van der Waals surface area contributed by atoms with Crippen molar-refractivity contribution in [2.75, 3.05) is 23.0 Å². The first-order chi connectivity index (χ1) is 10.00. The van der Waals surface area contributed by atoms with Crippen molar-refractivity contribution in [3.63, 3.8) is 0 Å². The number of nitrogens with two attached hydrogens (primary N) is 1. The Morgan fingerprint density at radius 2 is 2.14 bits per heavy atom. The molecule has 6 heteroatoms. The number of pyridine rings is 1. The van der Waals surface area contributed by atoms with Gasteiger partial charge in [0.05, 0.1) is 17.0 Å². The van der Waals surface area contributed by atoms with Gasteiger partial charge in [0.2, 0.25) is 0 Å². The summed E-state index contributed by atoms with van der Waals surface area (Å²) in [5.41, 5.74) is 7.73. The minimum atomic E-state index is -2.94. The molecule has 2 heterocycles. The molecule has 1 aromatic carbocycles. The second kappa shape index (κ2) is 5.27. The van der Waals surface area contributed by atoms with Gasteiger partial charge in [-0.25, -0.2) is 13.4 Å². The highest BCUT2D eigenvalue weighted by molar-refractivity contribution is 7.91. The number of sulfone groups is 1. The number of fused-ring (bicyclic) bond motifs is 1. The lowest BCUT2D eigenvalue weighted by molar-refractivity contribution is 0.566. The number of aromatic nitrogens is 1. The Kier molecular flexibility index (Phi) is 3.59. The number of benzene rings is 1. The summed E-state index contributed by atoms with van der Waals surface area (Å²) in [5, 5.41) is 1.05. The third kappa shape index (κ3) is 2.73. The van der Waals surface area contributed by atoms with Crippen LogP contribution in [0.1, 0.15) is 12.5 Å². The molecular weight excluding hydrogens is 286 g/mol. The molecule has 2 N–H and O–H groups in total. The largest absolute Gasteiger partial charge is 0.352 e. The standard InChI is InChI=1S/C15H19N3O2S/c1-11-10-21(19,20)7-6-18(11)15-13(9-16)8-12-4-2-3-5-14(12)17-15/h2-5,8,11H,6-7,9-10,16H2,1H3. The van der Waals surface area contributed by atoms with Crippen LogP contribution in [0.15, 0.2) is 30.3 Å².